The topological polar surface area (TPSA) is 24.5 Å². The number of hydrogen-bond donors (Lipinski definition) is 1. The monoisotopic (exact) mass is 254 g/mol. The average molecular weight is 254 g/mol. The molecule has 2 saturated heterocycles. The standard InChI is InChI=1S/C15H30N2O/c1-13(2)17(11-14-7-3-5-9-16-14)12-15-8-4-6-10-18-15/h13-16H,3-12H2,1-2H3. The molecule has 2 unspecified atom stereocenters. The van der Waals surface area contributed by atoms with Gasteiger partial charge in [0.25, 0.3) is 0 Å². The Hall–Kier alpha value is -0.120. The molecular weight excluding hydrogens is 224 g/mol. The molecule has 18 heavy (non-hydrogen) atoms. The van der Waals surface area contributed by atoms with Crippen LogP contribution in [0.25, 0.3) is 0 Å². The minimum absolute atomic E-state index is 0.477. The van der Waals surface area contributed by atoms with Crippen LogP contribution in [0.2, 0.25) is 0 Å². The molecule has 0 spiro atoms. The molecule has 2 heterocycles. The summed E-state index contributed by atoms with van der Waals surface area (Å²) in [6.45, 7) is 9.11. The van der Waals surface area contributed by atoms with Crippen LogP contribution in [0.4, 0.5) is 0 Å². The zero-order chi connectivity index (χ0) is 12.8. The minimum atomic E-state index is 0.477. The van der Waals surface area contributed by atoms with Gasteiger partial charge in [-0.25, -0.2) is 0 Å². The van der Waals surface area contributed by atoms with E-state index in [0.717, 1.165) is 13.2 Å². The molecule has 0 saturated carbocycles. The maximum Gasteiger partial charge on any atom is 0.0702 e. The Balaban J connectivity index is 1.78. The lowest BCUT2D eigenvalue weighted by molar-refractivity contribution is -0.0133. The number of nitrogens with one attached hydrogen (secondary N) is 1. The van der Waals surface area contributed by atoms with Crippen LogP contribution < -0.4 is 5.32 Å². The molecule has 0 amide bonds. The molecule has 2 aliphatic rings. The summed E-state index contributed by atoms with van der Waals surface area (Å²) in [5, 5.41) is 3.66. The molecule has 0 radical (unpaired) electrons. The van der Waals surface area contributed by atoms with E-state index in [1.54, 1.807) is 0 Å². The molecule has 2 aliphatic heterocycles. The van der Waals surface area contributed by atoms with Crippen molar-refractivity contribution in [2.45, 2.75) is 70.6 Å². The van der Waals surface area contributed by atoms with Crippen LogP contribution in [0.1, 0.15) is 52.4 Å². The van der Waals surface area contributed by atoms with Gasteiger partial charge in [-0.3, -0.25) is 4.90 Å². The van der Waals surface area contributed by atoms with Gasteiger partial charge < -0.3 is 10.1 Å². The summed E-state index contributed by atoms with van der Waals surface area (Å²) < 4.78 is 5.89. The molecule has 3 nitrogen and oxygen atoms in total. The summed E-state index contributed by atoms with van der Waals surface area (Å²) in [5.41, 5.74) is 0. The Bertz CT molecular complexity index is 201. The average Bonchev–Trinajstić information content (AvgIpc) is 2.40. The maximum atomic E-state index is 5.89. The first kappa shape index (κ1) is 14.3. The number of nitrogens with zero attached hydrogens (tertiary/aromatic N) is 1. The van der Waals surface area contributed by atoms with Crippen LogP contribution in [0.5, 0.6) is 0 Å². The molecular formula is C15H30N2O. The molecule has 1 N–H and O–H groups in total. The molecule has 0 aromatic heterocycles. The number of hydrogen-bond acceptors (Lipinski definition) is 3. The second-order valence-electron chi connectivity index (χ2n) is 6.18. The Morgan fingerprint density at radius 2 is 1.94 bits per heavy atom. The first-order valence-electron chi connectivity index (χ1n) is 7.84. The third-order valence-electron chi connectivity index (χ3n) is 4.31. The van der Waals surface area contributed by atoms with E-state index in [4.69, 9.17) is 4.74 Å². The smallest absolute Gasteiger partial charge is 0.0702 e. The van der Waals surface area contributed by atoms with Gasteiger partial charge in [-0.15, -0.1) is 0 Å². The van der Waals surface area contributed by atoms with E-state index in [2.05, 4.69) is 24.1 Å². The second-order valence-corrected chi connectivity index (χ2v) is 6.18. The summed E-state index contributed by atoms with van der Waals surface area (Å²) in [6.07, 6.45) is 8.41. The Morgan fingerprint density at radius 3 is 2.56 bits per heavy atom. The number of piperidine rings is 1. The maximum absolute atomic E-state index is 5.89. The fourth-order valence-electron chi connectivity index (χ4n) is 3.07. The van der Waals surface area contributed by atoms with Gasteiger partial charge in [0.05, 0.1) is 6.10 Å². The van der Waals surface area contributed by atoms with Crippen molar-refractivity contribution in [2.75, 3.05) is 26.2 Å². The van der Waals surface area contributed by atoms with Gasteiger partial charge in [-0.1, -0.05) is 6.42 Å². The van der Waals surface area contributed by atoms with Gasteiger partial charge in [0.15, 0.2) is 0 Å². The summed E-state index contributed by atoms with van der Waals surface area (Å²) in [7, 11) is 0. The van der Waals surface area contributed by atoms with Gasteiger partial charge in [0.1, 0.15) is 0 Å². The SMILES string of the molecule is CC(C)N(CC1CCCCN1)CC1CCCCO1. The van der Waals surface area contributed by atoms with Crippen LogP contribution in [-0.4, -0.2) is 49.3 Å². The van der Waals surface area contributed by atoms with Crippen LogP contribution in [0.3, 0.4) is 0 Å². The molecule has 3 heteroatoms. The van der Waals surface area contributed by atoms with Crippen molar-refractivity contribution in [3.63, 3.8) is 0 Å². The largest absolute Gasteiger partial charge is 0.377 e. The highest BCUT2D eigenvalue weighted by atomic mass is 16.5. The molecule has 106 valence electrons. The van der Waals surface area contributed by atoms with Crippen LogP contribution in [-0.2, 0) is 4.74 Å². The Morgan fingerprint density at radius 1 is 1.11 bits per heavy atom. The molecule has 2 fully saturated rings. The number of ether oxygens (including phenoxy) is 1. The first-order valence-corrected chi connectivity index (χ1v) is 7.84. The predicted molar refractivity (Wildman–Crippen MR) is 75.9 cm³/mol. The quantitative estimate of drug-likeness (QED) is 0.815. The third kappa shape index (κ3) is 4.52. The highest BCUT2D eigenvalue weighted by Crippen LogP contribution is 2.16. The second kappa shape index (κ2) is 7.46. The van der Waals surface area contributed by atoms with E-state index in [0.29, 0.717) is 18.2 Å². The molecule has 0 aliphatic carbocycles. The Kier molecular flexibility index (Phi) is 5.93. The summed E-state index contributed by atoms with van der Waals surface area (Å²) in [5.74, 6) is 0. The van der Waals surface area contributed by atoms with Gasteiger partial charge in [0, 0.05) is 31.8 Å². The lowest BCUT2D eigenvalue weighted by atomic mass is 10.0. The Labute approximate surface area is 112 Å². The summed E-state index contributed by atoms with van der Waals surface area (Å²) in [4.78, 5) is 2.61. The summed E-state index contributed by atoms with van der Waals surface area (Å²) >= 11 is 0. The van der Waals surface area contributed by atoms with Crippen LogP contribution >= 0.6 is 0 Å². The number of rotatable bonds is 5. The first-order chi connectivity index (χ1) is 8.75. The van der Waals surface area contributed by atoms with Crippen molar-refractivity contribution in [3.05, 3.63) is 0 Å². The minimum Gasteiger partial charge on any atom is -0.377 e. The summed E-state index contributed by atoms with van der Waals surface area (Å²) in [6, 6.07) is 1.32. The molecule has 0 aromatic rings. The van der Waals surface area contributed by atoms with Crippen molar-refractivity contribution in [3.8, 4) is 0 Å². The van der Waals surface area contributed by atoms with Gasteiger partial charge in [-0.05, 0) is 52.5 Å². The van der Waals surface area contributed by atoms with Crippen LogP contribution in [0, 0.1) is 0 Å². The lowest BCUT2D eigenvalue weighted by Crippen LogP contribution is -2.48. The van der Waals surface area contributed by atoms with Gasteiger partial charge in [-0.2, -0.15) is 0 Å². The zero-order valence-electron chi connectivity index (χ0n) is 12.2. The van der Waals surface area contributed by atoms with E-state index in [1.165, 1.54) is 51.6 Å². The van der Waals surface area contributed by atoms with Crippen LogP contribution in [0.15, 0.2) is 0 Å². The predicted octanol–water partition coefficient (Wildman–Crippen LogP) is 2.41. The van der Waals surface area contributed by atoms with E-state index in [9.17, 15) is 0 Å². The van der Waals surface area contributed by atoms with Crippen molar-refractivity contribution < 1.29 is 4.74 Å². The fourth-order valence-corrected chi connectivity index (χ4v) is 3.07. The van der Waals surface area contributed by atoms with Gasteiger partial charge >= 0.3 is 0 Å². The van der Waals surface area contributed by atoms with Crippen molar-refractivity contribution in [1.82, 2.24) is 10.2 Å². The normalized spacial score (nSPS) is 30.0. The van der Waals surface area contributed by atoms with E-state index in [-0.39, 0.29) is 0 Å². The van der Waals surface area contributed by atoms with Crippen molar-refractivity contribution in [2.24, 2.45) is 0 Å². The molecule has 2 atom stereocenters. The van der Waals surface area contributed by atoms with Gasteiger partial charge in [0.2, 0.25) is 0 Å². The van der Waals surface area contributed by atoms with E-state index in [1.807, 2.05) is 0 Å². The van der Waals surface area contributed by atoms with E-state index >= 15 is 0 Å². The van der Waals surface area contributed by atoms with E-state index < -0.39 is 0 Å². The highest BCUT2D eigenvalue weighted by Gasteiger charge is 2.23. The van der Waals surface area contributed by atoms with Crippen molar-refractivity contribution >= 4 is 0 Å². The zero-order valence-corrected chi connectivity index (χ0v) is 12.2. The molecule has 0 aromatic carbocycles. The lowest BCUT2D eigenvalue weighted by Gasteiger charge is -2.36. The molecule has 2 rings (SSSR count). The van der Waals surface area contributed by atoms with Crippen molar-refractivity contribution in [1.29, 1.82) is 0 Å². The molecule has 0 bridgehead atoms. The highest BCUT2D eigenvalue weighted by molar-refractivity contribution is 4.80. The fraction of sp³-hybridized carbons (Fsp3) is 1.00. The third-order valence-corrected chi connectivity index (χ3v) is 4.31.